The molecule has 0 saturated heterocycles. The molecule has 4 nitrogen and oxygen atoms in total. The second kappa shape index (κ2) is 5.07. The molecule has 2 rings (SSSR count). The largest absolute Gasteiger partial charge is 0.496 e. The van der Waals surface area contributed by atoms with Crippen LogP contribution in [0.3, 0.4) is 0 Å². The highest BCUT2D eigenvalue weighted by atomic mass is 32.1. The molecule has 0 bridgehead atoms. The van der Waals surface area contributed by atoms with E-state index in [-0.39, 0.29) is 0 Å². The summed E-state index contributed by atoms with van der Waals surface area (Å²) in [5.74, 6) is 0.900. The molecule has 1 N–H and O–H groups in total. The summed E-state index contributed by atoms with van der Waals surface area (Å²) >= 11 is 1.33. The van der Waals surface area contributed by atoms with E-state index in [1.54, 1.807) is 13.3 Å². The zero-order valence-corrected chi connectivity index (χ0v) is 11.3. The van der Waals surface area contributed by atoms with E-state index in [0.717, 1.165) is 27.7 Å². The van der Waals surface area contributed by atoms with Crippen molar-refractivity contribution in [2.45, 2.75) is 13.8 Å². The minimum Gasteiger partial charge on any atom is -0.496 e. The molecule has 0 aliphatic carbocycles. The molecular formula is C13H13N3OS. The fourth-order valence-corrected chi connectivity index (χ4v) is 2.49. The van der Waals surface area contributed by atoms with Gasteiger partial charge in [-0.3, -0.25) is 0 Å². The molecule has 2 aromatic rings. The van der Waals surface area contributed by atoms with Gasteiger partial charge < -0.3 is 10.1 Å². The van der Waals surface area contributed by atoms with Crippen molar-refractivity contribution in [1.82, 2.24) is 4.98 Å². The summed E-state index contributed by atoms with van der Waals surface area (Å²) in [6.07, 6.45) is 1.57. The van der Waals surface area contributed by atoms with Crippen LogP contribution in [0.1, 0.15) is 16.0 Å². The Kier molecular flexibility index (Phi) is 3.49. The zero-order valence-electron chi connectivity index (χ0n) is 10.4. The summed E-state index contributed by atoms with van der Waals surface area (Å²) in [7, 11) is 1.67. The Balaban J connectivity index is 2.27. The van der Waals surface area contributed by atoms with Crippen molar-refractivity contribution >= 4 is 22.2 Å². The van der Waals surface area contributed by atoms with Gasteiger partial charge in [0.1, 0.15) is 16.7 Å². The molecule has 5 heteroatoms. The highest BCUT2D eigenvalue weighted by Crippen LogP contribution is 2.29. The van der Waals surface area contributed by atoms with Crippen LogP contribution < -0.4 is 10.1 Å². The van der Waals surface area contributed by atoms with Crippen LogP contribution in [-0.4, -0.2) is 12.1 Å². The number of ether oxygens (including phenoxy) is 1. The Labute approximate surface area is 110 Å². The molecule has 0 saturated carbocycles. The van der Waals surface area contributed by atoms with Crippen LogP contribution in [0.4, 0.5) is 10.8 Å². The maximum Gasteiger partial charge on any atom is 0.188 e. The van der Waals surface area contributed by atoms with Crippen molar-refractivity contribution in [1.29, 1.82) is 5.26 Å². The average molecular weight is 259 g/mol. The van der Waals surface area contributed by atoms with Gasteiger partial charge in [-0.15, -0.1) is 0 Å². The molecule has 1 aromatic heterocycles. The lowest BCUT2D eigenvalue weighted by Gasteiger charge is -2.11. The van der Waals surface area contributed by atoms with Crippen LogP contribution >= 0.6 is 11.3 Å². The van der Waals surface area contributed by atoms with E-state index >= 15 is 0 Å². The summed E-state index contributed by atoms with van der Waals surface area (Å²) in [5, 5.41) is 12.7. The highest BCUT2D eigenvalue weighted by Gasteiger charge is 2.07. The van der Waals surface area contributed by atoms with Crippen LogP contribution in [0, 0.1) is 25.2 Å². The minimum atomic E-state index is 0.597. The van der Waals surface area contributed by atoms with Crippen molar-refractivity contribution in [3.63, 3.8) is 0 Å². The third kappa shape index (κ3) is 2.44. The summed E-state index contributed by atoms with van der Waals surface area (Å²) < 4.78 is 5.32. The Morgan fingerprint density at radius 2 is 2.00 bits per heavy atom. The second-order valence-corrected chi connectivity index (χ2v) is 4.94. The molecule has 18 heavy (non-hydrogen) atoms. The number of methoxy groups -OCH3 is 1. The minimum absolute atomic E-state index is 0.597. The van der Waals surface area contributed by atoms with Gasteiger partial charge in [-0.2, -0.15) is 5.26 Å². The Morgan fingerprint density at radius 3 is 2.50 bits per heavy atom. The SMILES string of the molecule is COc1c(C)cc(Nc2ncc(C#N)s2)cc1C. The molecule has 0 unspecified atom stereocenters. The second-order valence-electron chi connectivity index (χ2n) is 3.91. The number of nitrogens with zero attached hydrogens (tertiary/aromatic N) is 2. The summed E-state index contributed by atoms with van der Waals surface area (Å²) in [6.45, 7) is 4.00. The average Bonchev–Trinajstić information content (AvgIpc) is 2.76. The number of nitrogens with one attached hydrogen (secondary N) is 1. The van der Waals surface area contributed by atoms with E-state index in [0.29, 0.717) is 4.88 Å². The van der Waals surface area contributed by atoms with Gasteiger partial charge in [0.05, 0.1) is 13.3 Å². The first-order valence-electron chi connectivity index (χ1n) is 5.42. The molecule has 0 aliphatic rings. The number of nitriles is 1. The maximum atomic E-state index is 8.75. The number of aromatic nitrogens is 1. The monoisotopic (exact) mass is 259 g/mol. The van der Waals surface area contributed by atoms with E-state index in [9.17, 15) is 0 Å². The first-order chi connectivity index (χ1) is 8.63. The number of benzene rings is 1. The number of anilines is 2. The molecule has 92 valence electrons. The van der Waals surface area contributed by atoms with Crippen molar-refractivity contribution in [3.8, 4) is 11.8 Å². The van der Waals surface area contributed by atoms with Crippen LogP contribution in [-0.2, 0) is 0 Å². The van der Waals surface area contributed by atoms with E-state index < -0.39 is 0 Å². The molecule has 0 atom stereocenters. The standard InChI is InChI=1S/C13H13N3OS/c1-8-4-10(5-9(2)12(8)17-3)16-13-15-7-11(6-14)18-13/h4-5,7H,1-3H3,(H,15,16). The van der Waals surface area contributed by atoms with E-state index in [1.165, 1.54) is 11.3 Å². The van der Waals surface area contributed by atoms with Gasteiger partial charge in [-0.25, -0.2) is 4.98 Å². The Morgan fingerprint density at radius 1 is 1.33 bits per heavy atom. The van der Waals surface area contributed by atoms with Gasteiger partial charge in [0.25, 0.3) is 0 Å². The highest BCUT2D eigenvalue weighted by molar-refractivity contribution is 7.16. The van der Waals surface area contributed by atoms with Gasteiger partial charge >= 0.3 is 0 Å². The molecule has 0 fully saturated rings. The topological polar surface area (TPSA) is 57.9 Å². The number of thiazole rings is 1. The summed E-state index contributed by atoms with van der Waals surface area (Å²) in [6, 6.07) is 6.07. The predicted molar refractivity (Wildman–Crippen MR) is 72.6 cm³/mol. The summed E-state index contributed by atoms with van der Waals surface area (Å²) in [4.78, 5) is 4.73. The smallest absolute Gasteiger partial charge is 0.188 e. The van der Waals surface area contributed by atoms with Gasteiger partial charge in [0.2, 0.25) is 0 Å². The molecule has 0 aliphatic heterocycles. The lowest BCUT2D eigenvalue weighted by Crippen LogP contribution is -1.95. The lowest BCUT2D eigenvalue weighted by molar-refractivity contribution is 0.408. The molecule has 0 amide bonds. The fraction of sp³-hybridized carbons (Fsp3) is 0.231. The van der Waals surface area contributed by atoms with Crippen LogP contribution in [0.25, 0.3) is 0 Å². The molecule has 1 aromatic carbocycles. The molecule has 1 heterocycles. The maximum absolute atomic E-state index is 8.75. The first-order valence-corrected chi connectivity index (χ1v) is 6.24. The van der Waals surface area contributed by atoms with Crippen molar-refractivity contribution in [3.05, 3.63) is 34.3 Å². The van der Waals surface area contributed by atoms with Crippen molar-refractivity contribution in [2.75, 3.05) is 12.4 Å². The predicted octanol–water partition coefficient (Wildman–Crippen LogP) is 3.38. The van der Waals surface area contributed by atoms with E-state index in [1.807, 2.05) is 26.0 Å². The third-order valence-electron chi connectivity index (χ3n) is 2.53. The van der Waals surface area contributed by atoms with Gasteiger partial charge in [0, 0.05) is 5.69 Å². The van der Waals surface area contributed by atoms with E-state index in [4.69, 9.17) is 10.00 Å². The number of hydrogen-bond acceptors (Lipinski definition) is 5. The Bertz CT molecular complexity index is 590. The fourth-order valence-electron chi connectivity index (χ4n) is 1.85. The van der Waals surface area contributed by atoms with Crippen molar-refractivity contribution < 1.29 is 4.74 Å². The van der Waals surface area contributed by atoms with Crippen molar-refractivity contribution in [2.24, 2.45) is 0 Å². The third-order valence-corrected chi connectivity index (χ3v) is 3.35. The van der Waals surface area contributed by atoms with Crippen LogP contribution in [0.15, 0.2) is 18.3 Å². The lowest BCUT2D eigenvalue weighted by atomic mass is 10.1. The molecule has 0 radical (unpaired) electrons. The number of hydrogen-bond donors (Lipinski definition) is 1. The van der Waals surface area contributed by atoms with E-state index in [2.05, 4.69) is 16.4 Å². The summed E-state index contributed by atoms with van der Waals surface area (Å²) in [5.41, 5.74) is 3.08. The van der Waals surface area contributed by atoms with Crippen LogP contribution in [0.5, 0.6) is 5.75 Å². The van der Waals surface area contributed by atoms with Gasteiger partial charge in [0.15, 0.2) is 5.13 Å². The normalized spacial score (nSPS) is 9.89. The number of aryl methyl sites for hydroxylation is 2. The zero-order chi connectivity index (χ0) is 13.1. The van der Waals surface area contributed by atoms with Gasteiger partial charge in [-0.05, 0) is 37.1 Å². The van der Waals surface area contributed by atoms with Crippen LogP contribution in [0.2, 0.25) is 0 Å². The number of rotatable bonds is 3. The Hall–Kier alpha value is -2.06. The van der Waals surface area contributed by atoms with Gasteiger partial charge in [-0.1, -0.05) is 11.3 Å². The molecular weight excluding hydrogens is 246 g/mol. The first kappa shape index (κ1) is 12.4. The molecule has 0 spiro atoms. The quantitative estimate of drug-likeness (QED) is 0.918.